The van der Waals surface area contributed by atoms with Gasteiger partial charge in [-0.3, -0.25) is 23.9 Å². The van der Waals surface area contributed by atoms with Gasteiger partial charge in [-0.2, -0.15) is 0 Å². The fraction of sp³-hybridized carbons (Fsp3) is 0.354. The number of nitrogens with zero attached hydrogens (tertiary/aromatic N) is 7. The van der Waals surface area contributed by atoms with E-state index in [1.807, 2.05) is 63.9 Å². The molecule has 67 heavy (non-hydrogen) atoms. The third-order valence-corrected chi connectivity index (χ3v) is 12.1. The number of esters is 1. The smallest absolute Gasteiger partial charge is 0.320 e. The van der Waals surface area contributed by atoms with E-state index in [4.69, 9.17) is 32.9 Å². The molecule has 1 saturated heterocycles. The number of aromatic nitrogens is 6. The van der Waals surface area contributed by atoms with E-state index in [1.54, 1.807) is 60.4 Å². The molecule has 1 aliphatic rings. The minimum Gasteiger partial charge on any atom is -0.508 e. The van der Waals surface area contributed by atoms with Crippen LogP contribution >= 0.6 is 23.2 Å². The van der Waals surface area contributed by atoms with E-state index < -0.39 is 23.8 Å². The number of halogens is 2. The highest BCUT2D eigenvalue weighted by Crippen LogP contribution is 2.38. The van der Waals surface area contributed by atoms with Crippen molar-refractivity contribution in [3.8, 4) is 39.7 Å². The molecule has 352 valence electrons. The number of nitrogens with one attached hydrogen (secondary N) is 4. The normalized spacial score (nSPS) is 13.7. The molecule has 1 fully saturated rings. The van der Waals surface area contributed by atoms with Gasteiger partial charge < -0.3 is 40.8 Å². The van der Waals surface area contributed by atoms with Crippen LogP contribution in [0, 0.1) is 0 Å². The van der Waals surface area contributed by atoms with Gasteiger partial charge in [0.15, 0.2) is 5.82 Å². The van der Waals surface area contributed by atoms with Gasteiger partial charge in [-0.05, 0) is 93.1 Å². The number of aromatic amines is 1. The molecule has 4 aromatic heterocycles. The summed E-state index contributed by atoms with van der Waals surface area (Å²) in [5, 5.41) is 39.8. The number of rotatable bonds is 17. The number of likely N-dealkylation sites (tertiary alicyclic amines) is 1. The predicted molar refractivity (Wildman–Crippen MR) is 258 cm³/mol. The Hall–Kier alpha value is -6.69. The van der Waals surface area contributed by atoms with Crippen molar-refractivity contribution in [2.24, 2.45) is 0 Å². The number of pyridine rings is 2. The zero-order valence-electron chi connectivity index (χ0n) is 38.2. The first kappa shape index (κ1) is 48.2. The second-order valence-electron chi connectivity index (χ2n) is 17.0. The lowest BCUT2D eigenvalue weighted by Crippen LogP contribution is -2.45. The maximum atomic E-state index is 13.6. The maximum absolute atomic E-state index is 13.6. The van der Waals surface area contributed by atoms with Crippen LogP contribution in [-0.2, 0) is 9.53 Å². The quantitative estimate of drug-likeness (QED) is 0.0483. The molecular weight excluding hydrogens is 898 g/mol. The molecule has 17 nitrogen and oxygen atoms in total. The maximum Gasteiger partial charge on any atom is 0.320 e. The molecule has 7 rings (SSSR count). The first-order valence-corrected chi connectivity index (χ1v) is 22.9. The molecule has 0 spiro atoms. The molecule has 5 heterocycles. The number of amides is 2. The highest BCUT2D eigenvalue weighted by molar-refractivity contribution is 6.33. The van der Waals surface area contributed by atoms with E-state index in [2.05, 4.69) is 41.0 Å². The Morgan fingerprint density at radius 3 is 2.39 bits per heavy atom. The lowest BCUT2D eigenvalue weighted by Gasteiger charge is -2.37. The SMILES string of the molecule is CCNC(=O)c1nnc(-c2cc(C(C)C)c(O)cc2O)n1-c1ccc(N(C)C2CCN(CC(=O)OCC(NC(=O)c3cc(-c4cc(NC(C)C)ncc4Cl)c[nH]3)c3cccc(Cl)c3)CC2)nc1. The van der Waals surface area contributed by atoms with E-state index in [0.29, 0.717) is 80.5 Å². The number of hydrogen-bond donors (Lipinski definition) is 6. The van der Waals surface area contributed by atoms with E-state index >= 15 is 0 Å². The summed E-state index contributed by atoms with van der Waals surface area (Å²) in [5.74, 6) is 0.00313. The van der Waals surface area contributed by atoms with Crippen LogP contribution in [0.2, 0.25) is 10.0 Å². The van der Waals surface area contributed by atoms with Gasteiger partial charge in [0, 0.05) is 73.4 Å². The number of aromatic hydroxyl groups is 2. The van der Waals surface area contributed by atoms with Crippen LogP contribution in [0.5, 0.6) is 11.5 Å². The van der Waals surface area contributed by atoms with Crippen molar-refractivity contribution in [1.82, 2.24) is 45.2 Å². The summed E-state index contributed by atoms with van der Waals surface area (Å²) >= 11 is 12.8. The number of hydrogen-bond acceptors (Lipinski definition) is 13. The summed E-state index contributed by atoms with van der Waals surface area (Å²) < 4.78 is 7.34. The standard InChI is InChI=1S/C48H55Cl2N11O6/c1-7-51-48(66)46-58-57-45(36-19-34(27(2)3)40(62)21-41(36)63)61(46)33-11-12-43(54-23-33)59(6)32-13-15-60(16-14-32)25-44(64)67-26-39(29-9-8-10-31(49)17-29)56-47(65)38-18-30(22-52-38)35-20-42(55-28(4)5)53-24-37(35)50/h8-12,17-24,27-28,32,39,52,62-63H,7,13-16,25-26H2,1-6H3,(H,51,66)(H,53,55)(H,56,65). The molecule has 1 unspecified atom stereocenters. The number of phenols is 2. The van der Waals surface area contributed by atoms with Gasteiger partial charge >= 0.3 is 5.97 Å². The zero-order valence-corrected chi connectivity index (χ0v) is 39.7. The van der Waals surface area contributed by atoms with Gasteiger partial charge in [-0.1, -0.05) is 49.2 Å². The summed E-state index contributed by atoms with van der Waals surface area (Å²) in [6.45, 7) is 11.3. The van der Waals surface area contributed by atoms with Crippen LogP contribution in [0.1, 0.15) is 91.7 Å². The number of phenolic OH excluding ortho intramolecular Hbond substituents is 2. The van der Waals surface area contributed by atoms with Crippen molar-refractivity contribution in [3.05, 3.63) is 112 Å². The Balaban J connectivity index is 0.968. The van der Waals surface area contributed by atoms with Crippen LogP contribution in [0.4, 0.5) is 11.6 Å². The van der Waals surface area contributed by atoms with Gasteiger partial charge in [0.1, 0.15) is 35.4 Å². The number of carbonyl (C=O) groups excluding carboxylic acids is 3. The molecule has 0 radical (unpaired) electrons. The second-order valence-corrected chi connectivity index (χ2v) is 17.9. The zero-order chi connectivity index (χ0) is 47.9. The van der Waals surface area contributed by atoms with E-state index in [0.717, 1.165) is 12.8 Å². The summed E-state index contributed by atoms with van der Waals surface area (Å²) in [7, 11) is 1.97. The van der Waals surface area contributed by atoms with Crippen molar-refractivity contribution in [1.29, 1.82) is 0 Å². The minimum absolute atomic E-state index is 0.0151. The van der Waals surface area contributed by atoms with Crippen LogP contribution < -0.4 is 20.9 Å². The fourth-order valence-electron chi connectivity index (χ4n) is 8.00. The average Bonchev–Trinajstić information content (AvgIpc) is 3.97. The monoisotopic (exact) mass is 951 g/mol. The minimum atomic E-state index is -0.694. The summed E-state index contributed by atoms with van der Waals surface area (Å²) in [4.78, 5) is 56.4. The number of benzene rings is 2. The molecule has 2 amide bonds. The van der Waals surface area contributed by atoms with Crippen LogP contribution in [-0.4, -0.2) is 115 Å². The van der Waals surface area contributed by atoms with Gasteiger partial charge in [0.25, 0.3) is 11.8 Å². The Labute approximate surface area is 398 Å². The molecule has 19 heteroatoms. The fourth-order valence-corrected chi connectivity index (χ4v) is 8.41. The lowest BCUT2D eigenvalue weighted by atomic mass is 9.98. The first-order valence-electron chi connectivity index (χ1n) is 22.1. The number of anilines is 2. The van der Waals surface area contributed by atoms with Crippen molar-refractivity contribution in [2.75, 3.05) is 50.1 Å². The number of carbonyl (C=O) groups is 3. The van der Waals surface area contributed by atoms with Crippen LogP contribution in [0.25, 0.3) is 28.2 Å². The largest absolute Gasteiger partial charge is 0.508 e. The Bertz CT molecular complexity index is 2720. The van der Waals surface area contributed by atoms with E-state index in [9.17, 15) is 24.6 Å². The van der Waals surface area contributed by atoms with Gasteiger partial charge in [0.2, 0.25) is 5.82 Å². The van der Waals surface area contributed by atoms with Gasteiger partial charge in [-0.15, -0.1) is 10.2 Å². The lowest BCUT2D eigenvalue weighted by molar-refractivity contribution is -0.146. The van der Waals surface area contributed by atoms with Crippen molar-refractivity contribution < 1.29 is 29.3 Å². The predicted octanol–water partition coefficient (Wildman–Crippen LogP) is 7.75. The summed E-state index contributed by atoms with van der Waals surface area (Å²) in [6.07, 6.45) is 6.40. The molecule has 0 aliphatic carbocycles. The van der Waals surface area contributed by atoms with Crippen LogP contribution in [0.3, 0.4) is 0 Å². The molecule has 1 aliphatic heterocycles. The molecular formula is C48H55Cl2N11O6. The molecule has 0 bridgehead atoms. The summed E-state index contributed by atoms with van der Waals surface area (Å²) in [5.41, 5.74) is 3.79. The Kier molecular flexibility index (Phi) is 15.3. The molecule has 6 aromatic rings. The van der Waals surface area contributed by atoms with Crippen molar-refractivity contribution in [2.45, 2.75) is 71.5 Å². The third-order valence-electron chi connectivity index (χ3n) is 11.5. The number of piperidine rings is 1. The highest BCUT2D eigenvalue weighted by Gasteiger charge is 2.28. The molecule has 1 atom stereocenters. The molecule has 0 saturated carbocycles. The Morgan fingerprint density at radius 2 is 1.70 bits per heavy atom. The van der Waals surface area contributed by atoms with Crippen molar-refractivity contribution >= 4 is 52.6 Å². The molecule has 2 aromatic carbocycles. The van der Waals surface area contributed by atoms with E-state index in [1.165, 1.54) is 6.07 Å². The van der Waals surface area contributed by atoms with Crippen molar-refractivity contribution in [3.63, 3.8) is 0 Å². The van der Waals surface area contributed by atoms with E-state index in [-0.39, 0.29) is 54.3 Å². The topological polar surface area (TPSA) is 216 Å². The van der Waals surface area contributed by atoms with Crippen LogP contribution in [0.15, 0.2) is 79.3 Å². The molecule has 6 N–H and O–H groups in total. The third kappa shape index (κ3) is 11.5. The Morgan fingerprint density at radius 1 is 0.925 bits per heavy atom. The summed E-state index contributed by atoms with van der Waals surface area (Å²) in [6, 6.07) is 16.8. The number of ether oxygens (including phenoxy) is 1. The van der Waals surface area contributed by atoms with Gasteiger partial charge in [0.05, 0.1) is 35.1 Å². The number of H-pyrrole nitrogens is 1. The van der Waals surface area contributed by atoms with Gasteiger partial charge in [-0.25, -0.2) is 9.97 Å². The second kappa shape index (κ2) is 21.3. The first-order chi connectivity index (χ1) is 32.1. The average molecular weight is 953 g/mol. The highest BCUT2D eigenvalue weighted by atomic mass is 35.5.